The third kappa shape index (κ3) is 4.24. The van der Waals surface area contributed by atoms with Crippen LogP contribution in [0.2, 0.25) is 0 Å². The number of nitrogens with zero attached hydrogens (tertiary/aromatic N) is 2. The molecule has 1 aromatic rings. The number of ketones is 1. The Morgan fingerprint density at radius 1 is 1.16 bits per heavy atom. The Kier molecular flexibility index (Phi) is 6.68. The number of rotatable bonds is 7. The van der Waals surface area contributed by atoms with Gasteiger partial charge in [0.25, 0.3) is 5.91 Å². The SMILES string of the molecule is CCN(CC)CCCN1C(=O)C2=C(C(=O)C3CC(Cl)CCC3O2)C1c1ccc(F)cc1. The van der Waals surface area contributed by atoms with Crippen molar-refractivity contribution in [3.63, 3.8) is 0 Å². The van der Waals surface area contributed by atoms with Crippen molar-refractivity contribution in [1.29, 1.82) is 0 Å². The van der Waals surface area contributed by atoms with Crippen LogP contribution in [0.1, 0.15) is 51.1 Å². The lowest BCUT2D eigenvalue weighted by Gasteiger charge is -2.37. The number of ether oxygens (including phenoxy) is 1. The van der Waals surface area contributed by atoms with Crippen molar-refractivity contribution >= 4 is 23.3 Å². The number of carbonyl (C=O) groups is 2. The van der Waals surface area contributed by atoms with Crippen LogP contribution in [0.15, 0.2) is 35.6 Å². The van der Waals surface area contributed by atoms with Gasteiger partial charge >= 0.3 is 0 Å². The highest BCUT2D eigenvalue weighted by molar-refractivity contribution is 6.21. The zero-order chi connectivity index (χ0) is 22.1. The van der Waals surface area contributed by atoms with Crippen LogP contribution >= 0.6 is 11.6 Å². The molecule has 0 spiro atoms. The summed E-state index contributed by atoms with van der Waals surface area (Å²) in [6.07, 6.45) is 2.53. The molecule has 4 atom stereocenters. The molecule has 0 aromatic heterocycles. The summed E-state index contributed by atoms with van der Waals surface area (Å²) < 4.78 is 19.7. The average Bonchev–Trinajstić information content (AvgIpc) is 3.04. The summed E-state index contributed by atoms with van der Waals surface area (Å²) in [6, 6.07) is 5.53. The van der Waals surface area contributed by atoms with Gasteiger partial charge in [0, 0.05) is 11.9 Å². The van der Waals surface area contributed by atoms with Gasteiger partial charge in [0.2, 0.25) is 0 Å². The van der Waals surface area contributed by atoms with Gasteiger partial charge in [-0.15, -0.1) is 11.6 Å². The van der Waals surface area contributed by atoms with Gasteiger partial charge < -0.3 is 14.5 Å². The molecule has 5 nitrogen and oxygen atoms in total. The van der Waals surface area contributed by atoms with E-state index in [0.29, 0.717) is 25.0 Å². The van der Waals surface area contributed by atoms with Gasteiger partial charge in [0.05, 0.1) is 17.5 Å². The average molecular weight is 449 g/mol. The van der Waals surface area contributed by atoms with E-state index >= 15 is 0 Å². The third-order valence-electron chi connectivity index (χ3n) is 6.83. The Labute approximate surface area is 188 Å². The molecule has 31 heavy (non-hydrogen) atoms. The number of amides is 1. The van der Waals surface area contributed by atoms with Crippen molar-refractivity contribution in [2.75, 3.05) is 26.2 Å². The smallest absolute Gasteiger partial charge is 0.290 e. The van der Waals surface area contributed by atoms with Gasteiger partial charge in [-0.1, -0.05) is 26.0 Å². The predicted octanol–water partition coefficient (Wildman–Crippen LogP) is 4.07. The third-order valence-corrected chi connectivity index (χ3v) is 7.23. The van der Waals surface area contributed by atoms with E-state index in [-0.39, 0.29) is 40.7 Å². The predicted molar refractivity (Wildman–Crippen MR) is 117 cm³/mol. The van der Waals surface area contributed by atoms with E-state index in [1.54, 1.807) is 17.0 Å². The molecule has 2 aliphatic heterocycles. The summed E-state index contributed by atoms with van der Waals surface area (Å²) >= 11 is 6.35. The van der Waals surface area contributed by atoms with Crippen molar-refractivity contribution in [1.82, 2.24) is 9.80 Å². The molecule has 0 N–H and O–H groups in total. The minimum absolute atomic E-state index is 0.0366. The van der Waals surface area contributed by atoms with E-state index in [2.05, 4.69) is 18.7 Å². The van der Waals surface area contributed by atoms with Gasteiger partial charge in [0.1, 0.15) is 11.9 Å². The minimum atomic E-state index is -0.538. The molecule has 7 heteroatoms. The number of hydrogen-bond donors (Lipinski definition) is 0. The van der Waals surface area contributed by atoms with E-state index in [1.165, 1.54) is 12.1 Å². The first kappa shape index (κ1) is 22.3. The molecule has 2 heterocycles. The summed E-state index contributed by atoms with van der Waals surface area (Å²) in [7, 11) is 0. The van der Waals surface area contributed by atoms with Crippen molar-refractivity contribution in [2.24, 2.45) is 5.92 Å². The van der Waals surface area contributed by atoms with Crippen LogP contribution in [-0.2, 0) is 14.3 Å². The van der Waals surface area contributed by atoms with Gasteiger partial charge in [-0.25, -0.2) is 4.39 Å². The molecule has 1 fully saturated rings. The van der Waals surface area contributed by atoms with Gasteiger partial charge in [-0.05, 0) is 63.0 Å². The normalized spacial score (nSPS) is 28.1. The summed E-state index contributed by atoms with van der Waals surface area (Å²) in [4.78, 5) is 30.9. The molecule has 4 unspecified atom stereocenters. The maximum absolute atomic E-state index is 13.6. The molecule has 1 amide bonds. The lowest BCUT2D eigenvalue weighted by atomic mass is 9.77. The molecule has 1 aliphatic carbocycles. The first-order valence-electron chi connectivity index (χ1n) is 11.3. The lowest BCUT2D eigenvalue weighted by Crippen LogP contribution is -2.41. The molecule has 0 radical (unpaired) electrons. The number of benzene rings is 1. The molecule has 0 bridgehead atoms. The highest BCUT2D eigenvalue weighted by atomic mass is 35.5. The number of hydrogen-bond acceptors (Lipinski definition) is 4. The van der Waals surface area contributed by atoms with Crippen LogP contribution in [0.25, 0.3) is 0 Å². The summed E-state index contributed by atoms with van der Waals surface area (Å²) in [6.45, 7) is 7.51. The van der Waals surface area contributed by atoms with Crippen LogP contribution in [0.3, 0.4) is 0 Å². The molecule has 168 valence electrons. The quantitative estimate of drug-likeness (QED) is 0.590. The zero-order valence-electron chi connectivity index (χ0n) is 18.2. The van der Waals surface area contributed by atoms with Crippen molar-refractivity contribution in [3.05, 3.63) is 47.0 Å². The Balaban J connectivity index is 1.65. The van der Waals surface area contributed by atoms with E-state index in [0.717, 1.165) is 38.0 Å². The number of halogens is 2. The Morgan fingerprint density at radius 3 is 2.55 bits per heavy atom. The molecular formula is C24H30ClFN2O3. The summed E-state index contributed by atoms with van der Waals surface area (Å²) in [5.74, 6) is -0.745. The maximum Gasteiger partial charge on any atom is 0.290 e. The van der Waals surface area contributed by atoms with Crippen molar-refractivity contribution in [2.45, 2.75) is 57.1 Å². The fourth-order valence-electron chi connectivity index (χ4n) is 5.09. The number of carbonyl (C=O) groups excluding carboxylic acids is 2. The van der Waals surface area contributed by atoms with Crippen molar-refractivity contribution < 1.29 is 18.7 Å². The fourth-order valence-corrected chi connectivity index (χ4v) is 5.41. The van der Waals surface area contributed by atoms with Crippen molar-refractivity contribution in [3.8, 4) is 0 Å². The fraction of sp³-hybridized carbons (Fsp3) is 0.583. The maximum atomic E-state index is 13.6. The Morgan fingerprint density at radius 2 is 1.87 bits per heavy atom. The van der Waals surface area contributed by atoms with E-state index < -0.39 is 6.04 Å². The Hall–Kier alpha value is -1.92. The topological polar surface area (TPSA) is 49.9 Å². The van der Waals surface area contributed by atoms with Gasteiger partial charge in [0.15, 0.2) is 11.5 Å². The van der Waals surface area contributed by atoms with E-state index in [4.69, 9.17) is 16.3 Å². The zero-order valence-corrected chi connectivity index (χ0v) is 18.9. The van der Waals surface area contributed by atoms with Crippen LogP contribution in [0.5, 0.6) is 0 Å². The summed E-state index contributed by atoms with van der Waals surface area (Å²) in [5.41, 5.74) is 1.16. The molecular weight excluding hydrogens is 419 g/mol. The second-order valence-corrected chi connectivity index (χ2v) is 9.23. The highest BCUT2D eigenvalue weighted by Gasteiger charge is 2.52. The standard InChI is InChI=1S/C24H30ClFN2O3/c1-3-27(4-2)12-5-13-28-21(15-6-9-17(26)10-7-15)20-22(29)18-14-16(25)8-11-19(18)31-23(20)24(28)30/h6-7,9-10,16,18-19,21H,3-5,8,11-14H2,1-2H3. The molecule has 3 aliphatic rings. The monoisotopic (exact) mass is 448 g/mol. The highest BCUT2D eigenvalue weighted by Crippen LogP contribution is 2.47. The molecule has 1 aromatic carbocycles. The van der Waals surface area contributed by atoms with Crippen LogP contribution < -0.4 is 0 Å². The second kappa shape index (κ2) is 9.29. The Bertz CT molecular complexity index is 868. The van der Waals surface area contributed by atoms with Crippen LogP contribution in [-0.4, -0.2) is 59.2 Å². The van der Waals surface area contributed by atoms with Crippen LogP contribution in [0.4, 0.5) is 4.39 Å². The van der Waals surface area contributed by atoms with Gasteiger partial charge in [-0.3, -0.25) is 9.59 Å². The molecule has 0 saturated heterocycles. The first-order chi connectivity index (χ1) is 14.9. The first-order valence-corrected chi connectivity index (χ1v) is 11.8. The molecule has 1 saturated carbocycles. The lowest BCUT2D eigenvalue weighted by molar-refractivity contribution is -0.135. The van der Waals surface area contributed by atoms with Gasteiger partial charge in [-0.2, -0.15) is 0 Å². The van der Waals surface area contributed by atoms with E-state index in [1.807, 2.05) is 0 Å². The molecule has 4 rings (SSSR count). The van der Waals surface area contributed by atoms with Crippen LogP contribution in [0, 0.1) is 11.7 Å². The second-order valence-electron chi connectivity index (χ2n) is 8.61. The summed E-state index contributed by atoms with van der Waals surface area (Å²) in [5, 5.41) is -0.0532. The number of Topliss-reactive ketones (excluding diaryl/α,β-unsaturated/α-hetero) is 1. The van der Waals surface area contributed by atoms with E-state index in [9.17, 15) is 14.0 Å². The largest absolute Gasteiger partial charge is 0.483 e. The minimum Gasteiger partial charge on any atom is -0.483 e. The number of alkyl halides is 1. The number of fused-ring (bicyclic) bond motifs is 1.